The number of furan rings is 1. The van der Waals surface area contributed by atoms with Crippen LogP contribution in [0.3, 0.4) is 0 Å². The van der Waals surface area contributed by atoms with E-state index in [4.69, 9.17) is 13.9 Å². The number of hydrogen-bond acceptors (Lipinski definition) is 4. The molecule has 0 spiro atoms. The Balaban J connectivity index is 1.67. The van der Waals surface area contributed by atoms with Gasteiger partial charge in [-0.2, -0.15) is 0 Å². The molecule has 1 fully saturated rings. The highest BCUT2D eigenvalue weighted by Crippen LogP contribution is 2.44. The van der Waals surface area contributed by atoms with Crippen molar-refractivity contribution in [3.8, 4) is 5.75 Å². The Bertz CT molecular complexity index is 970. The van der Waals surface area contributed by atoms with Gasteiger partial charge in [0.05, 0.1) is 19.5 Å². The van der Waals surface area contributed by atoms with Crippen LogP contribution >= 0.6 is 0 Å². The summed E-state index contributed by atoms with van der Waals surface area (Å²) in [6, 6.07) is 14.6. The Labute approximate surface area is 152 Å². The smallest absolute Gasteiger partial charge is 0.182 e. The van der Waals surface area contributed by atoms with E-state index in [1.165, 1.54) is 16.5 Å². The van der Waals surface area contributed by atoms with Crippen LogP contribution in [-0.2, 0) is 10.3 Å². The number of hydrogen-bond donors (Lipinski definition) is 0. The molecule has 0 saturated carbocycles. The van der Waals surface area contributed by atoms with E-state index in [9.17, 15) is 0 Å². The minimum Gasteiger partial charge on any atom is -0.475 e. The van der Waals surface area contributed by atoms with Crippen LogP contribution < -0.4 is 9.64 Å². The molecule has 0 bridgehead atoms. The molecule has 0 N–H and O–H groups in total. The predicted octanol–water partition coefficient (Wildman–Crippen LogP) is 4.59. The monoisotopic (exact) mass is 347 g/mol. The van der Waals surface area contributed by atoms with Crippen molar-refractivity contribution in [2.45, 2.75) is 12.5 Å². The Hall–Kier alpha value is -2.72. The van der Waals surface area contributed by atoms with Crippen LogP contribution in [0.15, 0.2) is 59.2 Å². The SMILES string of the molecule is CC1(c2ccco2)C=Cc2c(cc(N3CCOCC3)c3ccccc23)O1. The molecule has 0 aliphatic carbocycles. The molecule has 0 radical (unpaired) electrons. The topological polar surface area (TPSA) is 34.8 Å². The second-order valence-electron chi connectivity index (χ2n) is 6.97. The zero-order valence-electron chi connectivity index (χ0n) is 14.8. The van der Waals surface area contributed by atoms with Crippen LogP contribution in [0.1, 0.15) is 18.2 Å². The van der Waals surface area contributed by atoms with Gasteiger partial charge < -0.3 is 18.8 Å². The highest BCUT2D eigenvalue weighted by Gasteiger charge is 2.33. The lowest BCUT2D eigenvalue weighted by atomic mass is 9.93. The maximum atomic E-state index is 6.46. The molecule has 0 amide bonds. The van der Waals surface area contributed by atoms with Crippen molar-refractivity contribution in [2.24, 2.45) is 0 Å². The van der Waals surface area contributed by atoms with E-state index in [0.29, 0.717) is 0 Å². The van der Waals surface area contributed by atoms with E-state index >= 15 is 0 Å². The van der Waals surface area contributed by atoms with Crippen molar-refractivity contribution in [1.82, 2.24) is 0 Å². The molecule has 2 aromatic carbocycles. The molecule has 1 saturated heterocycles. The van der Waals surface area contributed by atoms with Crippen LogP contribution in [0.4, 0.5) is 5.69 Å². The number of benzene rings is 2. The summed E-state index contributed by atoms with van der Waals surface area (Å²) in [6.07, 6.45) is 5.93. The molecule has 4 nitrogen and oxygen atoms in total. The predicted molar refractivity (Wildman–Crippen MR) is 103 cm³/mol. The van der Waals surface area contributed by atoms with E-state index in [2.05, 4.69) is 47.4 Å². The standard InChI is InChI=1S/C22H21NO3/c1-22(21-7-4-12-25-21)9-8-18-16-5-2-3-6-17(16)19(15-20(18)26-22)23-10-13-24-14-11-23/h2-9,12,15H,10-11,13-14H2,1H3. The molecule has 132 valence electrons. The lowest BCUT2D eigenvalue weighted by Gasteiger charge is -2.34. The first kappa shape index (κ1) is 15.5. The summed E-state index contributed by atoms with van der Waals surface area (Å²) in [5, 5.41) is 2.47. The van der Waals surface area contributed by atoms with E-state index in [1.807, 2.05) is 19.1 Å². The van der Waals surface area contributed by atoms with Crippen LogP contribution in [-0.4, -0.2) is 26.3 Å². The summed E-state index contributed by atoms with van der Waals surface area (Å²) < 4.78 is 17.6. The lowest BCUT2D eigenvalue weighted by molar-refractivity contribution is 0.111. The summed E-state index contributed by atoms with van der Waals surface area (Å²) in [6.45, 7) is 5.35. The molecule has 4 heteroatoms. The van der Waals surface area contributed by atoms with Crippen molar-refractivity contribution in [1.29, 1.82) is 0 Å². The quantitative estimate of drug-likeness (QED) is 0.679. The first-order valence-electron chi connectivity index (χ1n) is 9.05. The van der Waals surface area contributed by atoms with Crippen LogP contribution in [0.2, 0.25) is 0 Å². The fourth-order valence-corrected chi connectivity index (χ4v) is 3.87. The van der Waals surface area contributed by atoms with Gasteiger partial charge in [0.2, 0.25) is 0 Å². The van der Waals surface area contributed by atoms with Gasteiger partial charge in [0, 0.05) is 35.8 Å². The first-order chi connectivity index (χ1) is 12.7. The van der Waals surface area contributed by atoms with Gasteiger partial charge in [0.1, 0.15) is 5.75 Å². The van der Waals surface area contributed by atoms with Crippen molar-refractivity contribution in [3.63, 3.8) is 0 Å². The Kier molecular flexibility index (Phi) is 3.54. The molecule has 1 unspecified atom stereocenters. The second kappa shape index (κ2) is 5.92. The highest BCUT2D eigenvalue weighted by molar-refractivity contribution is 6.02. The third-order valence-corrected chi connectivity index (χ3v) is 5.28. The fraction of sp³-hybridized carbons (Fsp3) is 0.273. The average Bonchev–Trinajstić information content (AvgIpc) is 3.23. The summed E-state index contributed by atoms with van der Waals surface area (Å²) in [4.78, 5) is 2.39. The molecule has 3 heterocycles. The van der Waals surface area contributed by atoms with Crippen molar-refractivity contribution >= 4 is 22.5 Å². The minimum atomic E-state index is -0.596. The summed E-state index contributed by atoms with van der Waals surface area (Å²) in [5.74, 6) is 1.70. The number of fused-ring (bicyclic) bond motifs is 3. The number of nitrogens with zero attached hydrogens (tertiary/aromatic N) is 1. The molecule has 1 aromatic heterocycles. The van der Waals surface area contributed by atoms with Gasteiger partial charge in [-0.25, -0.2) is 0 Å². The lowest BCUT2D eigenvalue weighted by Crippen LogP contribution is -2.36. The van der Waals surface area contributed by atoms with Crippen LogP contribution in [0.5, 0.6) is 5.75 Å². The second-order valence-corrected chi connectivity index (χ2v) is 6.97. The largest absolute Gasteiger partial charge is 0.475 e. The third kappa shape index (κ3) is 2.41. The van der Waals surface area contributed by atoms with Gasteiger partial charge in [0.15, 0.2) is 11.4 Å². The highest BCUT2D eigenvalue weighted by atomic mass is 16.5. The van der Waals surface area contributed by atoms with Gasteiger partial charge >= 0.3 is 0 Å². The zero-order valence-corrected chi connectivity index (χ0v) is 14.8. The van der Waals surface area contributed by atoms with Crippen molar-refractivity contribution in [2.75, 3.05) is 31.2 Å². The molecule has 2 aliphatic heterocycles. The van der Waals surface area contributed by atoms with E-state index in [-0.39, 0.29) is 0 Å². The minimum absolute atomic E-state index is 0.596. The Morgan fingerprint density at radius 3 is 2.58 bits per heavy atom. The van der Waals surface area contributed by atoms with E-state index < -0.39 is 5.60 Å². The third-order valence-electron chi connectivity index (χ3n) is 5.28. The number of morpholine rings is 1. The number of anilines is 1. The summed E-state index contributed by atoms with van der Waals surface area (Å²) in [5.41, 5.74) is 1.74. The Morgan fingerprint density at radius 1 is 1.00 bits per heavy atom. The maximum Gasteiger partial charge on any atom is 0.182 e. The zero-order chi connectivity index (χ0) is 17.6. The van der Waals surface area contributed by atoms with Crippen molar-refractivity contribution < 1.29 is 13.9 Å². The van der Waals surface area contributed by atoms with Gasteiger partial charge in [-0.1, -0.05) is 30.3 Å². The van der Waals surface area contributed by atoms with Gasteiger partial charge in [-0.3, -0.25) is 0 Å². The molecular formula is C22H21NO3. The normalized spacial score (nSPS) is 22.3. The maximum absolute atomic E-state index is 6.46. The Morgan fingerprint density at radius 2 is 1.81 bits per heavy atom. The molecular weight excluding hydrogens is 326 g/mol. The van der Waals surface area contributed by atoms with E-state index in [0.717, 1.165) is 43.4 Å². The molecule has 5 rings (SSSR count). The van der Waals surface area contributed by atoms with Crippen LogP contribution in [0, 0.1) is 0 Å². The molecule has 26 heavy (non-hydrogen) atoms. The van der Waals surface area contributed by atoms with Gasteiger partial charge in [-0.15, -0.1) is 0 Å². The van der Waals surface area contributed by atoms with Gasteiger partial charge in [-0.05, 0) is 30.5 Å². The number of ether oxygens (including phenoxy) is 2. The van der Waals surface area contributed by atoms with E-state index in [1.54, 1.807) is 6.26 Å². The first-order valence-corrected chi connectivity index (χ1v) is 9.05. The van der Waals surface area contributed by atoms with Crippen molar-refractivity contribution in [3.05, 3.63) is 66.1 Å². The molecule has 3 aromatic rings. The molecule has 2 aliphatic rings. The number of rotatable bonds is 2. The van der Waals surface area contributed by atoms with Crippen LogP contribution in [0.25, 0.3) is 16.8 Å². The summed E-state index contributed by atoms with van der Waals surface area (Å²) in [7, 11) is 0. The average molecular weight is 347 g/mol. The fourth-order valence-electron chi connectivity index (χ4n) is 3.87. The van der Waals surface area contributed by atoms with Gasteiger partial charge in [0.25, 0.3) is 0 Å². The summed E-state index contributed by atoms with van der Waals surface area (Å²) >= 11 is 0. The molecule has 1 atom stereocenters.